The van der Waals surface area contributed by atoms with E-state index in [1.54, 1.807) is 0 Å². The van der Waals surface area contributed by atoms with Crippen LogP contribution in [0.4, 0.5) is 0 Å². The van der Waals surface area contributed by atoms with Crippen molar-refractivity contribution in [1.82, 2.24) is 0 Å². The summed E-state index contributed by atoms with van der Waals surface area (Å²) in [7, 11) is 0. The lowest BCUT2D eigenvalue weighted by molar-refractivity contribution is -0.236. The highest BCUT2D eigenvalue weighted by molar-refractivity contribution is 5.91. The van der Waals surface area contributed by atoms with Gasteiger partial charge in [-0.3, -0.25) is 9.59 Å². The average molecular weight is 473 g/mol. The third kappa shape index (κ3) is 2.73. The maximum Gasteiger partial charge on any atom is 0.165 e. The van der Waals surface area contributed by atoms with Gasteiger partial charge in [-0.15, -0.1) is 0 Å². The number of ketones is 2. The molecule has 4 saturated carbocycles. The van der Waals surface area contributed by atoms with Gasteiger partial charge in [0.05, 0.1) is 12.2 Å². The van der Waals surface area contributed by atoms with Crippen LogP contribution in [0.2, 0.25) is 0 Å². The molecule has 0 heterocycles. The van der Waals surface area contributed by atoms with Gasteiger partial charge in [0.2, 0.25) is 0 Å². The van der Waals surface area contributed by atoms with Crippen LogP contribution in [0, 0.1) is 44.8 Å². The minimum absolute atomic E-state index is 0.0204. The molecule has 0 spiro atoms. The van der Waals surface area contributed by atoms with E-state index in [1.807, 2.05) is 19.9 Å². The molecule has 5 aliphatic carbocycles. The van der Waals surface area contributed by atoms with Crippen LogP contribution in [0.15, 0.2) is 11.6 Å². The molecule has 0 unspecified atom stereocenters. The molecule has 34 heavy (non-hydrogen) atoms. The fourth-order valence-corrected chi connectivity index (χ4v) is 9.91. The van der Waals surface area contributed by atoms with Crippen molar-refractivity contribution in [3.63, 3.8) is 0 Å². The molecule has 9 atom stereocenters. The Hall–Kier alpha value is -1.04. The SMILES string of the molecule is CC1(C)CC[C@]2(O)C(=O)C[C@]3(C)C(=C[C@@H](O)[C@@H]4[C@@]5(C)[C@H](O)CC(=O)C(C)(C)[C@@H]5CC[C@]43C)[C@@H]2C1. The summed E-state index contributed by atoms with van der Waals surface area (Å²) in [4.78, 5) is 26.6. The van der Waals surface area contributed by atoms with Crippen molar-refractivity contribution in [3.05, 3.63) is 11.6 Å². The third-order valence-electron chi connectivity index (χ3n) is 12.2. The molecular weight excluding hydrogens is 428 g/mol. The largest absolute Gasteiger partial charge is 0.392 e. The molecule has 4 fully saturated rings. The van der Waals surface area contributed by atoms with Gasteiger partial charge in [-0.2, -0.15) is 0 Å². The Bertz CT molecular complexity index is 979. The summed E-state index contributed by atoms with van der Waals surface area (Å²) in [6.07, 6.45) is 4.32. The summed E-state index contributed by atoms with van der Waals surface area (Å²) < 4.78 is 0. The van der Waals surface area contributed by atoms with E-state index in [1.165, 1.54) is 0 Å². The van der Waals surface area contributed by atoms with Gasteiger partial charge in [-0.25, -0.2) is 0 Å². The first-order valence-electron chi connectivity index (χ1n) is 13.3. The van der Waals surface area contributed by atoms with Crippen LogP contribution in [0.3, 0.4) is 0 Å². The summed E-state index contributed by atoms with van der Waals surface area (Å²) in [5, 5.41) is 34.9. The van der Waals surface area contributed by atoms with Crippen molar-refractivity contribution in [2.75, 3.05) is 0 Å². The van der Waals surface area contributed by atoms with Gasteiger partial charge in [0.25, 0.3) is 0 Å². The van der Waals surface area contributed by atoms with Crippen LogP contribution in [-0.4, -0.2) is 44.7 Å². The Morgan fingerprint density at radius 2 is 1.56 bits per heavy atom. The van der Waals surface area contributed by atoms with Crippen LogP contribution in [-0.2, 0) is 9.59 Å². The monoisotopic (exact) mass is 472 g/mol. The van der Waals surface area contributed by atoms with Gasteiger partial charge in [0.15, 0.2) is 5.78 Å². The molecule has 5 heteroatoms. The highest BCUT2D eigenvalue weighted by Crippen LogP contribution is 2.74. The maximum atomic E-state index is 13.7. The second-order valence-corrected chi connectivity index (χ2v) is 14.6. The quantitative estimate of drug-likeness (QED) is 0.459. The van der Waals surface area contributed by atoms with Crippen molar-refractivity contribution in [2.24, 2.45) is 44.8 Å². The fraction of sp³-hybridized carbons (Fsp3) is 0.862. The van der Waals surface area contributed by atoms with E-state index in [4.69, 9.17) is 0 Å². The molecule has 5 aliphatic rings. The summed E-state index contributed by atoms with van der Waals surface area (Å²) in [6.45, 7) is 14.9. The second kappa shape index (κ2) is 6.83. The predicted octanol–water partition coefficient (Wildman–Crippen LogP) is 4.22. The number of hydrogen-bond donors (Lipinski definition) is 3. The van der Waals surface area contributed by atoms with E-state index in [-0.39, 0.29) is 47.6 Å². The zero-order valence-corrected chi connectivity index (χ0v) is 22.1. The number of rotatable bonds is 0. The molecule has 0 radical (unpaired) electrons. The van der Waals surface area contributed by atoms with Crippen LogP contribution < -0.4 is 0 Å². The number of hydrogen-bond acceptors (Lipinski definition) is 5. The Kier molecular flexibility index (Phi) is 4.95. The number of aliphatic hydroxyl groups is 3. The van der Waals surface area contributed by atoms with Crippen molar-refractivity contribution >= 4 is 11.6 Å². The van der Waals surface area contributed by atoms with E-state index in [0.29, 0.717) is 6.42 Å². The normalized spacial score (nSPS) is 53.7. The molecule has 0 amide bonds. The molecule has 5 rings (SSSR count). The molecule has 0 aromatic heterocycles. The minimum Gasteiger partial charge on any atom is -0.392 e. The second-order valence-electron chi connectivity index (χ2n) is 14.6. The molecule has 0 aliphatic heterocycles. The average Bonchev–Trinajstić information content (AvgIpc) is 2.70. The summed E-state index contributed by atoms with van der Waals surface area (Å²) in [6, 6.07) is 0. The molecule has 0 saturated heterocycles. The lowest BCUT2D eigenvalue weighted by atomic mass is 9.33. The summed E-state index contributed by atoms with van der Waals surface area (Å²) in [5.74, 6) is -0.551. The van der Waals surface area contributed by atoms with Crippen LogP contribution in [0.25, 0.3) is 0 Å². The smallest absolute Gasteiger partial charge is 0.165 e. The fourth-order valence-electron chi connectivity index (χ4n) is 9.91. The highest BCUT2D eigenvalue weighted by Gasteiger charge is 2.73. The Morgan fingerprint density at radius 1 is 0.912 bits per heavy atom. The third-order valence-corrected chi connectivity index (χ3v) is 12.2. The summed E-state index contributed by atoms with van der Waals surface area (Å²) >= 11 is 0. The number of carbonyl (C=O) groups excluding carboxylic acids is 2. The van der Waals surface area contributed by atoms with Crippen molar-refractivity contribution in [3.8, 4) is 0 Å². The molecule has 5 nitrogen and oxygen atoms in total. The van der Waals surface area contributed by atoms with Gasteiger partial charge in [-0.05, 0) is 48.9 Å². The van der Waals surface area contributed by atoms with E-state index < -0.39 is 39.5 Å². The summed E-state index contributed by atoms with van der Waals surface area (Å²) in [5.41, 5.74) is -2.41. The van der Waals surface area contributed by atoms with Crippen molar-refractivity contribution < 1.29 is 24.9 Å². The minimum atomic E-state index is -1.34. The first-order chi connectivity index (χ1) is 15.4. The molecule has 3 N–H and O–H groups in total. The zero-order chi connectivity index (χ0) is 25.3. The highest BCUT2D eigenvalue weighted by atomic mass is 16.3. The molecule has 0 bridgehead atoms. The van der Waals surface area contributed by atoms with Crippen LogP contribution in [0.1, 0.15) is 93.4 Å². The zero-order valence-electron chi connectivity index (χ0n) is 22.1. The Morgan fingerprint density at radius 3 is 2.21 bits per heavy atom. The maximum absolute atomic E-state index is 13.7. The van der Waals surface area contributed by atoms with E-state index >= 15 is 0 Å². The topological polar surface area (TPSA) is 94.8 Å². The van der Waals surface area contributed by atoms with Crippen molar-refractivity contribution in [2.45, 2.75) is 111 Å². The number of Topliss-reactive ketones (excluding diaryl/α,β-unsaturated/α-hetero) is 2. The number of carbonyl (C=O) groups is 2. The van der Waals surface area contributed by atoms with E-state index in [9.17, 15) is 24.9 Å². The van der Waals surface area contributed by atoms with Crippen LogP contribution in [0.5, 0.6) is 0 Å². The molecule has 0 aromatic carbocycles. The Labute approximate surface area is 204 Å². The van der Waals surface area contributed by atoms with Gasteiger partial charge in [0.1, 0.15) is 11.4 Å². The van der Waals surface area contributed by atoms with Crippen molar-refractivity contribution in [1.29, 1.82) is 0 Å². The molecule has 190 valence electrons. The first kappa shape index (κ1) is 24.6. The standard InChI is InChI=1S/C29H44O5/c1-24(2)10-11-29(34)17(14-24)16-12-18(30)23-26(5,27(16,6)15-22(29)33)9-8-19-25(3,4)20(31)13-21(32)28(19,23)7/h12,17-19,21,23,30,32,34H,8-11,13-15H2,1-7H3/t17-,18+,19-,21+,23-,26+,27+,28+,29+/m0/s1. The number of aliphatic hydroxyl groups excluding tert-OH is 2. The Balaban J connectivity index is 1.68. The molecular formula is C29H44O5. The lowest BCUT2D eigenvalue weighted by Gasteiger charge is -2.71. The van der Waals surface area contributed by atoms with Gasteiger partial charge >= 0.3 is 0 Å². The lowest BCUT2D eigenvalue weighted by Crippen LogP contribution is -2.71. The van der Waals surface area contributed by atoms with Gasteiger partial charge in [0, 0.05) is 40.9 Å². The predicted molar refractivity (Wildman–Crippen MR) is 130 cm³/mol. The number of fused-ring (bicyclic) bond motifs is 7. The van der Waals surface area contributed by atoms with Crippen LogP contribution >= 0.6 is 0 Å². The first-order valence-corrected chi connectivity index (χ1v) is 13.3. The molecule has 0 aromatic rings. The van der Waals surface area contributed by atoms with Gasteiger partial charge < -0.3 is 15.3 Å². The van der Waals surface area contributed by atoms with E-state index in [0.717, 1.165) is 31.3 Å². The van der Waals surface area contributed by atoms with E-state index in [2.05, 4.69) is 34.6 Å². The van der Waals surface area contributed by atoms with Gasteiger partial charge in [-0.1, -0.05) is 60.1 Å².